The van der Waals surface area contributed by atoms with E-state index in [0.29, 0.717) is 22.9 Å². The van der Waals surface area contributed by atoms with Crippen molar-refractivity contribution in [3.8, 4) is 0 Å². The molecule has 0 bridgehead atoms. The van der Waals surface area contributed by atoms with Crippen LogP contribution in [0.25, 0.3) is 0 Å². The van der Waals surface area contributed by atoms with Gasteiger partial charge in [-0.3, -0.25) is 9.59 Å². The van der Waals surface area contributed by atoms with Crippen LogP contribution in [0.15, 0.2) is 29.8 Å². The SMILES string of the molecule is COC(=O)C1CC(c2cccc(Cl)c2Cl)CC(C)=CC1=O. The van der Waals surface area contributed by atoms with Crippen LogP contribution in [-0.2, 0) is 14.3 Å². The zero-order chi connectivity index (χ0) is 15.6. The number of methoxy groups -OCH3 is 1. The number of carbonyl (C=O) groups excluding carboxylic acids is 2. The van der Waals surface area contributed by atoms with Crippen molar-refractivity contribution < 1.29 is 14.3 Å². The summed E-state index contributed by atoms with van der Waals surface area (Å²) in [5.74, 6) is -1.54. The number of esters is 1. The Morgan fingerprint density at radius 3 is 2.71 bits per heavy atom. The second kappa shape index (κ2) is 6.63. The fraction of sp³-hybridized carbons (Fsp3) is 0.375. The molecule has 0 fully saturated rings. The molecule has 2 rings (SSSR count). The third kappa shape index (κ3) is 3.47. The summed E-state index contributed by atoms with van der Waals surface area (Å²) in [6.07, 6.45) is 2.57. The van der Waals surface area contributed by atoms with E-state index >= 15 is 0 Å². The number of hydrogen-bond acceptors (Lipinski definition) is 3. The van der Waals surface area contributed by atoms with Crippen LogP contribution in [-0.4, -0.2) is 18.9 Å². The van der Waals surface area contributed by atoms with Crippen LogP contribution in [0.4, 0.5) is 0 Å². The van der Waals surface area contributed by atoms with Gasteiger partial charge in [-0.15, -0.1) is 0 Å². The maximum Gasteiger partial charge on any atom is 0.316 e. The molecular formula is C16H16Cl2O3. The number of rotatable bonds is 2. The van der Waals surface area contributed by atoms with Gasteiger partial charge in [0.2, 0.25) is 0 Å². The number of ketones is 1. The zero-order valence-electron chi connectivity index (χ0n) is 11.9. The van der Waals surface area contributed by atoms with Gasteiger partial charge in [0.15, 0.2) is 5.78 Å². The maximum atomic E-state index is 12.1. The van der Waals surface area contributed by atoms with Gasteiger partial charge in [0.05, 0.1) is 17.2 Å². The fourth-order valence-electron chi connectivity index (χ4n) is 2.70. The molecule has 21 heavy (non-hydrogen) atoms. The van der Waals surface area contributed by atoms with Gasteiger partial charge < -0.3 is 4.74 Å². The van der Waals surface area contributed by atoms with E-state index in [1.54, 1.807) is 6.07 Å². The highest BCUT2D eigenvalue weighted by molar-refractivity contribution is 6.42. The van der Waals surface area contributed by atoms with Gasteiger partial charge in [-0.05, 0) is 43.4 Å². The highest BCUT2D eigenvalue weighted by atomic mass is 35.5. The number of ether oxygens (including phenoxy) is 1. The molecule has 0 spiro atoms. The van der Waals surface area contributed by atoms with Crippen LogP contribution in [0, 0.1) is 5.92 Å². The Labute approximate surface area is 133 Å². The second-order valence-corrected chi connectivity index (χ2v) is 6.03. The normalized spacial score (nSPS) is 22.5. The summed E-state index contributed by atoms with van der Waals surface area (Å²) in [6.45, 7) is 1.88. The summed E-state index contributed by atoms with van der Waals surface area (Å²) in [4.78, 5) is 24.0. The van der Waals surface area contributed by atoms with Crippen LogP contribution in [0.3, 0.4) is 0 Å². The highest BCUT2D eigenvalue weighted by Gasteiger charge is 2.33. The summed E-state index contributed by atoms with van der Waals surface area (Å²) < 4.78 is 4.74. The molecule has 0 amide bonds. The molecule has 3 nitrogen and oxygen atoms in total. The average molecular weight is 327 g/mol. The van der Waals surface area contributed by atoms with Gasteiger partial charge in [0, 0.05) is 0 Å². The predicted molar refractivity (Wildman–Crippen MR) is 82.7 cm³/mol. The van der Waals surface area contributed by atoms with E-state index in [0.717, 1.165) is 11.1 Å². The van der Waals surface area contributed by atoms with E-state index in [4.69, 9.17) is 27.9 Å². The van der Waals surface area contributed by atoms with E-state index in [-0.39, 0.29) is 11.7 Å². The van der Waals surface area contributed by atoms with Gasteiger partial charge in [-0.2, -0.15) is 0 Å². The molecule has 0 heterocycles. The van der Waals surface area contributed by atoms with Crippen molar-refractivity contribution in [3.05, 3.63) is 45.5 Å². The summed E-state index contributed by atoms with van der Waals surface area (Å²) in [6, 6.07) is 5.43. The first-order chi connectivity index (χ1) is 9.93. The van der Waals surface area contributed by atoms with Crippen molar-refractivity contribution in [2.75, 3.05) is 7.11 Å². The van der Waals surface area contributed by atoms with Crippen LogP contribution in [0.5, 0.6) is 0 Å². The topological polar surface area (TPSA) is 43.4 Å². The Morgan fingerprint density at radius 1 is 1.33 bits per heavy atom. The lowest BCUT2D eigenvalue weighted by molar-refractivity contribution is -0.148. The van der Waals surface area contributed by atoms with E-state index in [9.17, 15) is 9.59 Å². The molecule has 1 aliphatic rings. The summed E-state index contributed by atoms with van der Waals surface area (Å²) in [5.41, 5.74) is 1.79. The first kappa shape index (κ1) is 16.1. The van der Waals surface area contributed by atoms with Crippen molar-refractivity contribution in [2.45, 2.75) is 25.7 Å². The average Bonchev–Trinajstić information content (AvgIpc) is 2.59. The van der Waals surface area contributed by atoms with Gasteiger partial charge in [-0.1, -0.05) is 40.9 Å². The monoisotopic (exact) mass is 326 g/mol. The molecule has 0 N–H and O–H groups in total. The van der Waals surface area contributed by atoms with E-state index < -0.39 is 11.9 Å². The second-order valence-electron chi connectivity index (χ2n) is 5.25. The first-order valence-corrected chi connectivity index (χ1v) is 7.42. The smallest absolute Gasteiger partial charge is 0.316 e. The quantitative estimate of drug-likeness (QED) is 0.605. The summed E-state index contributed by atoms with van der Waals surface area (Å²) >= 11 is 12.3. The Hall–Kier alpha value is -1.32. The minimum absolute atomic E-state index is 0.0389. The molecule has 0 saturated heterocycles. The number of hydrogen-bond donors (Lipinski definition) is 0. The molecule has 2 unspecified atom stereocenters. The van der Waals surface area contributed by atoms with Crippen LogP contribution in [0.2, 0.25) is 10.0 Å². The molecule has 1 aromatic rings. The largest absolute Gasteiger partial charge is 0.468 e. The summed E-state index contributed by atoms with van der Waals surface area (Å²) in [7, 11) is 1.29. The molecule has 0 aliphatic heterocycles. The minimum Gasteiger partial charge on any atom is -0.468 e. The third-order valence-corrected chi connectivity index (χ3v) is 4.56. The first-order valence-electron chi connectivity index (χ1n) is 6.66. The molecule has 0 aromatic heterocycles. The van der Waals surface area contributed by atoms with E-state index in [1.165, 1.54) is 13.2 Å². The van der Waals surface area contributed by atoms with E-state index in [2.05, 4.69) is 0 Å². The van der Waals surface area contributed by atoms with Crippen molar-refractivity contribution >= 4 is 35.0 Å². The Balaban J connectivity index is 2.40. The Bertz CT molecular complexity index is 608. The molecule has 2 atom stereocenters. The molecule has 1 aromatic carbocycles. The van der Waals surface area contributed by atoms with Gasteiger partial charge in [0.1, 0.15) is 5.92 Å². The number of halogens is 2. The number of carbonyl (C=O) groups is 2. The van der Waals surface area contributed by atoms with Gasteiger partial charge >= 0.3 is 5.97 Å². The molecular weight excluding hydrogens is 311 g/mol. The van der Waals surface area contributed by atoms with Crippen LogP contribution >= 0.6 is 23.2 Å². The van der Waals surface area contributed by atoms with Crippen molar-refractivity contribution in [1.29, 1.82) is 0 Å². The van der Waals surface area contributed by atoms with Gasteiger partial charge in [-0.25, -0.2) is 0 Å². The van der Waals surface area contributed by atoms with Crippen LogP contribution < -0.4 is 0 Å². The summed E-state index contributed by atoms with van der Waals surface area (Å²) in [5, 5.41) is 0.955. The molecule has 0 radical (unpaired) electrons. The number of benzene rings is 1. The predicted octanol–water partition coefficient (Wildman–Crippen LogP) is 4.18. The standard InChI is InChI=1S/C16H16Cl2O3/c1-9-6-10(11-4-3-5-13(17)15(11)18)8-12(14(19)7-9)16(20)21-2/h3-5,7,10,12H,6,8H2,1-2H3. The lowest BCUT2D eigenvalue weighted by Gasteiger charge is -2.20. The zero-order valence-corrected chi connectivity index (χ0v) is 13.4. The fourth-order valence-corrected chi connectivity index (χ4v) is 3.16. The highest BCUT2D eigenvalue weighted by Crippen LogP contribution is 2.39. The molecule has 112 valence electrons. The lowest BCUT2D eigenvalue weighted by Crippen LogP contribution is -2.25. The van der Waals surface area contributed by atoms with Crippen molar-refractivity contribution in [1.82, 2.24) is 0 Å². The van der Waals surface area contributed by atoms with Crippen molar-refractivity contribution in [3.63, 3.8) is 0 Å². The third-order valence-electron chi connectivity index (χ3n) is 3.73. The van der Waals surface area contributed by atoms with Gasteiger partial charge in [0.25, 0.3) is 0 Å². The van der Waals surface area contributed by atoms with E-state index in [1.807, 2.05) is 19.1 Å². The Kier molecular flexibility index (Phi) is 5.07. The Morgan fingerprint density at radius 2 is 2.05 bits per heavy atom. The maximum absolute atomic E-state index is 12.1. The minimum atomic E-state index is -0.785. The lowest BCUT2D eigenvalue weighted by atomic mass is 9.86. The van der Waals surface area contributed by atoms with Crippen LogP contribution in [0.1, 0.15) is 31.2 Å². The molecule has 1 aliphatic carbocycles. The molecule has 5 heteroatoms. The molecule has 0 saturated carbocycles. The number of allylic oxidation sites excluding steroid dienone is 2. The van der Waals surface area contributed by atoms with Crippen molar-refractivity contribution in [2.24, 2.45) is 5.92 Å².